The van der Waals surface area contributed by atoms with E-state index < -0.39 is 5.91 Å². The molecule has 0 heterocycles. The number of anilines is 1. The minimum Gasteiger partial charge on any atom is -0.321 e. The number of carbonyl (C=O) groups excluding carboxylic acids is 1. The quantitative estimate of drug-likeness (QED) is 0.491. The lowest BCUT2D eigenvalue weighted by atomic mass is 9.98. The molecule has 0 fully saturated rings. The van der Waals surface area contributed by atoms with Gasteiger partial charge < -0.3 is 5.32 Å². The van der Waals surface area contributed by atoms with Crippen LogP contribution in [0.3, 0.4) is 0 Å². The van der Waals surface area contributed by atoms with Crippen molar-refractivity contribution in [2.75, 3.05) is 5.32 Å². The first-order chi connectivity index (χ1) is 13.6. The smallest absolute Gasteiger partial charge is 0.266 e. The van der Waals surface area contributed by atoms with Crippen LogP contribution in [0.5, 0.6) is 0 Å². The number of carbonyl (C=O) groups is 1. The van der Waals surface area contributed by atoms with E-state index in [1.807, 2.05) is 61.5 Å². The molecule has 0 aliphatic heterocycles. The van der Waals surface area contributed by atoms with Crippen LogP contribution in [0.2, 0.25) is 0 Å². The third-order valence-electron chi connectivity index (χ3n) is 4.40. The fraction of sp³-hybridized carbons (Fsp3) is 0.0833. The first-order valence-electron chi connectivity index (χ1n) is 8.88. The van der Waals surface area contributed by atoms with Crippen LogP contribution < -0.4 is 5.32 Å². The van der Waals surface area contributed by atoms with E-state index in [-0.39, 0.29) is 11.4 Å². The minimum atomic E-state index is -0.461. The number of nitriles is 1. The molecule has 0 radical (unpaired) electrons. The summed E-state index contributed by atoms with van der Waals surface area (Å²) >= 11 is 0. The Labute approximate surface area is 163 Å². The predicted octanol–water partition coefficient (Wildman–Crippen LogP) is 5.27. The number of para-hydroxylation sites is 1. The highest BCUT2D eigenvalue weighted by atomic mass is 19.1. The molecule has 0 aliphatic rings. The third-order valence-corrected chi connectivity index (χ3v) is 4.40. The molecule has 0 aromatic heterocycles. The van der Waals surface area contributed by atoms with Crippen molar-refractivity contribution in [3.05, 3.63) is 106 Å². The van der Waals surface area contributed by atoms with Crippen LogP contribution in [-0.4, -0.2) is 5.91 Å². The van der Waals surface area contributed by atoms with Crippen molar-refractivity contribution < 1.29 is 9.18 Å². The van der Waals surface area contributed by atoms with Crippen LogP contribution >= 0.6 is 0 Å². The summed E-state index contributed by atoms with van der Waals surface area (Å²) in [5, 5.41) is 12.3. The van der Waals surface area contributed by atoms with Crippen molar-refractivity contribution in [1.29, 1.82) is 5.26 Å². The fourth-order valence-corrected chi connectivity index (χ4v) is 2.91. The summed E-state index contributed by atoms with van der Waals surface area (Å²) in [6.45, 7) is 1.89. The largest absolute Gasteiger partial charge is 0.321 e. The summed E-state index contributed by atoms with van der Waals surface area (Å²) in [5.41, 5.74) is 4.08. The van der Waals surface area contributed by atoms with Crippen LogP contribution in [0.1, 0.15) is 22.3 Å². The second-order valence-electron chi connectivity index (χ2n) is 6.44. The van der Waals surface area contributed by atoms with Gasteiger partial charge in [0, 0.05) is 5.69 Å². The predicted molar refractivity (Wildman–Crippen MR) is 109 cm³/mol. The highest BCUT2D eigenvalue weighted by Crippen LogP contribution is 2.19. The maximum absolute atomic E-state index is 13.5. The third kappa shape index (κ3) is 4.72. The van der Waals surface area contributed by atoms with Crippen molar-refractivity contribution in [3.8, 4) is 6.07 Å². The summed E-state index contributed by atoms with van der Waals surface area (Å²) < 4.78 is 13.5. The van der Waals surface area contributed by atoms with Gasteiger partial charge in [-0.15, -0.1) is 0 Å². The van der Waals surface area contributed by atoms with E-state index in [1.165, 1.54) is 12.1 Å². The summed E-state index contributed by atoms with van der Waals surface area (Å²) in [5.74, 6) is -0.752. The molecule has 1 N–H and O–H groups in total. The first kappa shape index (κ1) is 19.1. The van der Waals surface area contributed by atoms with E-state index in [0.29, 0.717) is 12.1 Å². The van der Waals surface area contributed by atoms with Gasteiger partial charge >= 0.3 is 0 Å². The van der Waals surface area contributed by atoms with Gasteiger partial charge in [-0.2, -0.15) is 5.26 Å². The second-order valence-corrected chi connectivity index (χ2v) is 6.44. The maximum Gasteiger partial charge on any atom is 0.266 e. The Morgan fingerprint density at radius 2 is 1.82 bits per heavy atom. The summed E-state index contributed by atoms with van der Waals surface area (Å²) in [6.07, 6.45) is 2.07. The Balaban J connectivity index is 1.87. The van der Waals surface area contributed by atoms with Crippen molar-refractivity contribution in [2.45, 2.75) is 13.3 Å². The summed E-state index contributed by atoms with van der Waals surface area (Å²) in [6, 6.07) is 23.2. The lowest BCUT2D eigenvalue weighted by Gasteiger charge is -2.09. The maximum atomic E-state index is 13.5. The van der Waals surface area contributed by atoms with Crippen LogP contribution in [0.15, 0.2) is 78.4 Å². The number of benzene rings is 3. The average molecular weight is 370 g/mol. The summed E-state index contributed by atoms with van der Waals surface area (Å²) in [7, 11) is 0. The zero-order chi connectivity index (χ0) is 19.9. The summed E-state index contributed by atoms with van der Waals surface area (Å²) in [4.78, 5) is 12.6. The SMILES string of the molecule is Cc1ccccc1NC(=O)/C(C#N)=C/c1ccccc1Cc1cccc(F)c1. The Morgan fingerprint density at radius 3 is 2.57 bits per heavy atom. The van der Waals surface area contributed by atoms with E-state index in [2.05, 4.69) is 5.32 Å². The molecule has 138 valence electrons. The minimum absolute atomic E-state index is 0.00921. The zero-order valence-corrected chi connectivity index (χ0v) is 15.4. The fourth-order valence-electron chi connectivity index (χ4n) is 2.91. The molecule has 0 saturated carbocycles. The van der Waals surface area contributed by atoms with Gasteiger partial charge in [0.25, 0.3) is 5.91 Å². The van der Waals surface area contributed by atoms with Gasteiger partial charge in [0.2, 0.25) is 0 Å². The standard InChI is InChI=1S/C24H19FN2O/c1-17-7-2-5-12-23(17)27-24(28)21(16-26)15-20-10-4-3-9-19(20)13-18-8-6-11-22(25)14-18/h2-12,14-15H,13H2,1H3,(H,27,28)/b21-15+. The molecule has 0 unspecified atom stereocenters. The van der Waals surface area contributed by atoms with Gasteiger partial charge in [-0.3, -0.25) is 4.79 Å². The number of rotatable bonds is 5. The lowest BCUT2D eigenvalue weighted by molar-refractivity contribution is -0.112. The molecule has 1 amide bonds. The van der Waals surface area contributed by atoms with E-state index in [1.54, 1.807) is 18.2 Å². The van der Waals surface area contributed by atoms with Crippen molar-refractivity contribution >= 4 is 17.7 Å². The highest BCUT2D eigenvalue weighted by Gasteiger charge is 2.12. The van der Waals surface area contributed by atoms with Gasteiger partial charge in [-0.1, -0.05) is 54.6 Å². The van der Waals surface area contributed by atoms with E-state index in [4.69, 9.17) is 0 Å². The molecular weight excluding hydrogens is 351 g/mol. The molecular formula is C24H19FN2O. The van der Waals surface area contributed by atoms with E-state index >= 15 is 0 Å². The Bertz CT molecular complexity index is 1080. The van der Waals surface area contributed by atoms with Crippen LogP contribution in [-0.2, 0) is 11.2 Å². The number of hydrogen-bond acceptors (Lipinski definition) is 2. The molecule has 0 saturated heterocycles. The first-order valence-corrected chi connectivity index (χ1v) is 8.88. The normalized spacial score (nSPS) is 11.0. The molecule has 3 aromatic rings. The van der Waals surface area contributed by atoms with E-state index in [9.17, 15) is 14.4 Å². The highest BCUT2D eigenvalue weighted by molar-refractivity contribution is 6.10. The van der Waals surface area contributed by atoms with Gasteiger partial charge in [0.1, 0.15) is 17.5 Å². The number of amides is 1. The zero-order valence-electron chi connectivity index (χ0n) is 15.4. The van der Waals surface area contributed by atoms with Crippen LogP contribution in [0.4, 0.5) is 10.1 Å². The Kier molecular flexibility index (Phi) is 5.98. The molecule has 4 heteroatoms. The molecule has 28 heavy (non-hydrogen) atoms. The topological polar surface area (TPSA) is 52.9 Å². The Hall–Kier alpha value is -3.71. The molecule has 3 nitrogen and oxygen atoms in total. The van der Waals surface area contributed by atoms with Crippen LogP contribution in [0, 0.1) is 24.1 Å². The molecule has 0 spiro atoms. The van der Waals surface area contributed by atoms with Gasteiger partial charge in [0.05, 0.1) is 0 Å². The number of halogens is 1. The van der Waals surface area contributed by atoms with Gasteiger partial charge in [-0.05, 0) is 59.9 Å². The Morgan fingerprint density at radius 1 is 1.07 bits per heavy atom. The van der Waals surface area contributed by atoms with Crippen molar-refractivity contribution in [3.63, 3.8) is 0 Å². The molecule has 0 aliphatic carbocycles. The van der Waals surface area contributed by atoms with Crippen LogP contribution in [0.25, 0.3) is 6.08 Å². The molecule has 3 rings (SSSR count). The van der Waals surface area contributed by atoms with Gasteiger partial charge in [0.15, 0.2) is 0 Å². The monoisotopic (exact) mass is 370 g/mol. The average Bonchev–Trinajstić information content (AvgIpc) is 2.69. The number of nitrogens with one attached hydrogen (secondary N) is 1. The van der Waals surface area contributed by atoms with Crippen molar-refractivity contribution in [2.24, 2.45) is 0 Å². The number of aryl methyl sites for hydroxylation is 1. The van der Waals surface area contributed by atoms with Crippen molar-refractivity contribution in [1.82, 2.24) is 0 Å². The second kappa shape index (κ2) is 8.79. The number of hydrogen-bond donors (Lipinski definition) is 1. The molecule has 3 aromatic carbocycles. The molecule has 0 bridgehead atoms. The van der Waals surface area contributed by atoms with Gasteiger partial charge in [-0.25, -0.2) is 4.39 Å². The van der Waals surface area contributed by atoms with E-state index in [0.717, 1.165) is 22.3 Å². The molecule has 0 atom stereocenters. The lowest BCUT2D eigenvalue weighted by Crippen LogP contribution is -2.14. The number of nitrogens with zero attached hydrogens (tertiary/aromatic N) is 1.